The van der Waals surface area contributed by atoms with Crippen molar-refractivity contribution in [3.8, 4) is 5.82 Å². The summed E-state index contributed by atoms with van der Waals surface area (Å²) in [5.74, 6) is 0.315. The lowest BCUT2D eigenvalue weighted by Crippen LogP contribution is -2.52. The average Bonchev–Trinajstić information content (AvgIpc) is 3.47. The lowest BCUT2D eigenvalue weighted by molar-refractivity contribution is -0.136. The van der Waals surface area contributed by atoms with E-state index in [1.807, 2.05) is 0 Å². The van der Waals surface area contributed by atoms with Gasteiger partial charge in [0.15, 0.2) is 11.6 Å². The molecule has 1 fully saturated rings. The van der Waals surface area contributed by atoms with Crippen molar-refractivity contribution in [3.05, 3.63) is 65.1 Å². The van der Waals surface area contributed by atoms with Crippen molar-refractivity contribution in [1.29, 1.82) is 0 Å². The molecule has 4 heterocycles. The third-order valence-corrected chi connectivity index (χ3v) is 4.88. The molecule has 1 saturated heterocycles. The van der Waals surface area contributed by atoms with Crippen molar-refractivity contribution in [2.24, 2.45) is 0 Å². The minimum atomic E-state index is -0.773. The van der Waals surface area contributed by atoms with Crippen LogP contribution in [0.5, 0.6) is 0 Å². The van der Waals surface area contributed by atoms with Gasteiger partial charge in [-0.25, -0.2) is 9.36 Å². The molecule has 3 aromatic rings. The van der Waals surface area contributed by atoms with Crippen molar-refractivity contribution in [2.75, 3.05) is 26.2 Å². The topological polar surface area (TPSA) is 106 Å². The van der Waals surface area contributed by atoms with Gasteiger partial charge in [-0.05, 0) is 31.2 Å². The molecule has 1 atom stereocenters. The molecule has 1 aliphatic heterocycles. The summed E-state index contributed by atoms with van der Waals surface area (Å²) in [6.45, 7) is 3.19. The Morgan fingerprint density at radius 2 is 1.83 bits per heavy atom. The zero-order valence-corrected chi connectivity index (χ0v) is 15.8. The first-order valence-corrected chi connectivity index (χ1v) is 9.26. The minimum absolute atomic E-state index is 0.194. The Morgan fingerprint density at radius 3 is 2.48 bits per heavy atom. The number of carbonyl (C=O) groups excluding carboxylic acids is 2. The molecule has 1 unspecified atom stereocenters. The molecule has 0 aliphatic carbocycles. The van der Waals surface area contributed by atoms with Crippen LogP contribution in [-0.2, 0) is 4.79 Å². The summed E-state index contributed by atoms with van der Waals surface area (Å²) in [6.07, 6.45) is 4.77. The van der Waals surface area contributed by atoms with Crippen LogP contribution in [0.25, 0.3) is 5.82 Å². The lowest BCUT2D eigenvalue weighted by atomic mass is 10.2. The molecule has 29 heavy (non-hydrogen) atoms. The van der Waals surface area contributed by atoms with Gasteiger partial charge in [0, 0.05) is 44.6 Å². The van der Waals surface area contributed by atoms with Gasteiger partial charge >= 0.3 is 0 Å². The van der Waals surface area contributed by atoms with Gasteiger partial charge in [0.25, 0.3) is 11.5 Å². The first kappa shape index (κ1) is 18.7. The molecule has 0 bridgehead atoms. The Hall–Kier alpha value is -3.69. The fourth-order valence-corrected chi connectivity index (χ4v) is 3.27. The largest absolute Gasteiger partial charge is 0.459 e. The lowest BCUT2D eigenvalue weighted by Gasteiger charge is -2.35. The van der Waals surface area contributed by atoms with Crippen LogP contribution in [-0.4, -0.2) is 67.4 Å². The maximum atomic E-state index is 12.9. The minimum Gasteiger partial charge on any atom is -0.459 e. The van der Waals surface area contributed by atoms with Gasteiger partial charge < -0.3 is 14.2 Å². The highest BCUT2D eigenvalue weighted by molar-refractivity contribution is 5.91. The SMILES string of the molecule is CC(C(=O)N1CCN(C(=O)c2ccco2)CC1)n1nc(-n2cccn2)ccc1=O. The second-order valence-corrected chi connectivity index (χ2v) is 6.70. The zero-order chi connectivity index (χ0) is 20.4. The van der Waals surface area contributed by atoms with Crippen LogP contribution >= 0.6 is 0 Å². The van der Waals surface area contributed by atoms with Crippen LogP contribution in [0.3, 0.4) is 0 Å². The highest BCUT2D eigenvalue weighted by atomic mass is 16.3. The summed E-state index contributed by atoms with van der Waals surface area (Å²) < 4.78 is 7.84. The summed E-state index contributed by atoms with van der Waals surface area (Å²) in [7, 11) is 0. The van der Waals surface area contributed by atoms with Crippen LogP contribution in [0.15, 0.2) is 58.2 Å². The van der Waals surface area contributed by atoms with Crippen LogP contribution in [0, 0.1) is 0 Å². The molecule has 3 aromatic heterocycles. The smallest absolute Gasteiger partial charge is 0.289 e. The number of carbonyl (C=O) groups is 2. The Labute approximate surface area is 165 Å². The van der Waals surface area contributed by atoms with E-state index in [0.717, 1.165) is 0 Å². The number of piperazine rings is 1. The van der Waals surface area contributed by atoms with Crippen LogP contribution < -0.4 is 5.56 Å². The fraction of sp³-hybridized carbons (Fsp3) is 0.316. The van der Waals surface area contributed by atoms with Gasteiger partial charge in [-0.2, -0.15) is 5.10 Å². The monoisotopic (exact) mass is 396 g/mol. The number of hydrogen-bond acceptors (Lipinski definition) is 6. The van der Waals surface area contributed by atoms with Crippen molar-refractivity contribution < 1.29 is 14.0 Å². The Morgan fingerprint density at radius 1 is 1.07 bits per heavy atom. The van der Waals surface area contributed by atoms with E-state index in [0.29, 0.717) is 32.0 Å². The molecule has 10 nitrogen and oxygen atoms in total. The molecule has 0 spiro atoms. The van der Waals surface area contributed by atoms with E-state index in [1.165, 1.54) is 21.7 Å². The molecule has 0 radical (unpaired) electrons. The third-order valence-electron chi connectivity index (χ3n) is 4.88. The predicted molar refractivity (Wildman–Crippen MR) is 102 cm³/mol. The predicted octanol–water partition coefficient (Wildman–Crippen LogP) is 0.568. The first-order valence-electron chi connectivity index (χ1n) is 9.26. The number of hydrogen-bond donors (Lipinski definition) is 0. The van der Waals surface area contributed by atoms with E-state index < -0.39 is 6.04 Å². The van der Waals surface area contributed by atoms with E-state index in [-0.39, 0.29) is 23.1 Å². The number of nitrogens with zero attached hydrogens (tertiary/aromatic N) is 6. The highest BCUT2D eigenvalue weighted by Gasteiger charge is 2.29. The Bertz CT molecular complexity index is 1050. The number of aromatic nitrogens is 4. The molecule has 0 N–H and O–H groups in total. The molecule has 2 amide bonds. The molecule has 10 heteroatoms. The molecule has 1 aliphatic rings. The first-order chi connectivity index (χ1) is 14.0. The van der Waals surface area contributed by atoms with Gasteiger partial charge in [-0.3, -0.25) is 14.4 Å². The van der Waals surface area contributed by atoms with Gasteiger partial charge in [0.05, 0.1) is 6.26 Å². The van der Waals surface area contributed by atoms with E-state index in [2.05, 4.69) is 10.2 Å². The summed E-state index contributed by atoms with van der Waals surface area (Å²) in [5, 5.41) is 8.38. The maximum Gasteiger partial charge on any atom is 0.289 e. The average molecular weight is 396 g/mol. The van der Waals surface area contributed by atoms with E-state index in [9.17, 15) is 14.4 Å². The van der Waals surface area contributed by atoms with Gasteiger partial charge in [-0.15, -0.1) is 5.10 Å². The summed E-state index contributed by atoms with van der Waals surface area (Å²) >= 11 is 0. The van der Waals surface area contributed by atoms with Crippen molar-refractivity contribution in [3.63, 3.8) is 0 Å². The van der Waals surface area contributed by atoms with Gasteiger partial charge in [0.1, 0.15) is 6.04 Å². The summed E-state index contributed by atoms with van der Waals surface area (Å²) in [6, 6.07) is 7.18. The number of amides is 2. The molecule has 150 valence electrons. The second kappa shape index (κ2) is 7.74. The van der Waals surface area contributed by atoms with E-state index >= 15 is 0 Å². The molecule has 4 rings (SSSR count). The van der Waals surface area contributed by atoms with Crippen LogP contribution in [0.2, 0.25) is 0 Å². The summed E-state index contributed by atoms with van der Waals surface area (Å²) in [5.41, 5.74) is -0.367. The normalized spacial score (nSPS) is 15.3. The zero-order valence-electron chi connectivity index (χ0n) is 15.8. The van der Waals surface area contributed by atoms with Gasteiger partial charge in [-0.1, -0.05) is 0 Å². The molecule has 0 saturated carbocycles. The van der Waals surface area contributed by atoms with Crippen LogP contribution in [0.1, 0.15) is 23.5 Å². The molecular weight excluding hydrogens is 376 g/mol. The van der Waals surface area contributed by atoms with E-state index in [1.54, 1.807) is 53.4 Å². The Kier molecular flexibility index (Phi) is 4.98. The molecule has 0 aromatic carbocycles. The maximum absolute atomic E-state index is 12.9. The fourth-order valence-electron chi connectivity index (χ4n) is 3.27. The highest BCUT2D eigenvalue weighted by Crippen LogP contribution is 2.13. The van der Waals surface area contributed by atoms with Crippen molar-refractivity contribution in [1.82, 2.24) is 29.4 Å². The standard InChI is InChI=1S/C19H20N6O4/c1-14(25-17(26)6-5-16(21-25)24-8-3-7-20-24)18(27)22-9-11-23(12-10-22)19(28)15-4-2-13-29-15/h2-8,13-14H,9-12H2,1H3. The van der Waals surface area contributed by atoms with Gasteiger partial charge in [0.2, 0.25) is 5.91 Å². The number of furan rings is 1. The third kappa shape index (κ3) is 3.68. The summed E-state index contributed by atoms with van der Waals surface area (Å²) in [4.78, 5) is 40.9. The Balaban J connectivity index is 1.45. The quantitative estimate of drug-likeness (QED) is 0.638. The van der Waals surface area contributed by atoms with Crippen LogP contribution in [0.4, 0.5) is 0 Å². The van der Waals surface area contributed by atoms with Crippen molar-refractivity contribution >= 4 is 11.8 Å². The number of rotatable bonds is 4. The van der Waals surface area contributed by atoms with E-state index in [4.69, 9.17) is 4.42 Å². The van der Waals surface area contributed by atoms with Crippen molar-refractivity contribution in [2.45, 2.75) is 13.0 Å². The second-order valence-electron chi connectivity index (χ2n) is 6.70. The molecular formula is C19H20N6O4.